The van der Waals surface area contributed by atoms with Crippen molar-refractivity contribution in [2.75, 3.05) is 17.3 Å². The summed E-state index contributed by atoms with van der Waals surface area (Å²) < 4.78 is 0. The molecular formula is C24H26ClN3O. The van der Waals surface area contributed by atoms with Gasteiger partial charge < -0.3 is 10.2 Å². The lowest BCUT2D eigenvalue weighted by atomic mass is 9.79. The van der Waals surface area contributed by atoms with Crippen LogP contribution in [-0.2, 0) is 4.79 Å². The molecular weight excluding hydrogens is 382 g/mol. The first kappa shape index (κ1) is 21.0. The number of rotatable bonds is 3. The normalized spacial score (nSPS) is 18.0. The van der Waals surface area contributed by atoms with Gasteiger partial charge in [0.05, 0.1) is 0 Å². The highest BCUT2D eigenvalue weighted by atomic mass is 35.5. The van der Waals surface area contributed by atoms with Gasteiger partial charge in [0.1, 0.15) is 11.6 Å². The van der Waals surface area contributed by atoms with Crippen molar-refractivity contribution in [1.82, 2.24) is 0 Å². The Labute approximate surface area is 177 Å². The number of nitrogens with one attached hydrogen (secondary N) is 1. The first-order valence-corrected chi connectivity index (χ1v) is 10.1. The molecule has 4 nitrogen and oxygen atoms in total. The molecule has 0 radical (unpaired) electrons. The molecule has 1 aliphatic heterocycles. The lowest BCUT2D eigenvalue weighted by Crippen LogP contribution is -2.45. The number of aryl methyl sites for hydroxylation is 1. The summed E-state index contributed by atoms with van der Waals surface area (Å²) in [6, 6.07) is 13.2. The highest BCUT2D eigenvalue weighted by molar-refractivity contribution is 6.31. The third kappa shape index (κ3) is 4.31. The van der Waals surface area contributed by atoms with Gasteiger partial charge in [-0.2, -0.15) is 5.26 Å². The molecule has 5 heteroatoms. The summed E-state index contributed by atoms with van der Waals surface area (Å²) in [6.45, 7) is 8.75. The van der Waals surface area contributed by atoms with Gasteiger partial charge >= 0.3 is 0 Å². The Morgan fingerprint density at radius 1 is 1.34 bits per heavy atom. The van der Waals surface area contributed by atoms with Crippen LogP contribution in [0, 0.1) is 18.3 Å². The fourth-order valence-electron chi connectivity index (χ4n) is 3.96. The average Bonchev–Trinajstić information content (AvgIpc) is 2.64. The van der Waals surface area contributed by atoms with Gasteiger partial charge in [-0.25, -0.2) is 0 Å². The highest BCUT2D eigenvalue weighted by Crippen LogP contribution is 2.43. The maximum atomic E-state index is 12.6. The molecule has 1 amide bonds. The van der Waals surface area contributed by atoms with Gasteiger partial charge in [-0.15, -0.1) is 0 Å². The molecule has 29 heavy (non-hydrogen) atoms. The fraction of sp³-hybridized carbons (Fsp3) is 0.333. The monoisotopic (exact) mass is 407 g/mol. The van der Waals surface area contributed by atoms with E-state index in [2.05, 4.69) is 50.2 Å². The second-order valence-electron chi connectivity index (χ2n) is 8.38. The summed E-state index contributed by atoms with van der Waals surface area (Å²) in [5.41, 5.74) is 5.09. The predicted octanol–water partition coefficient (Wildman–Crippen LogP) is 5.92. The van der Waals surface area contributed by atoms with Crippen LogP contribution in [0.2, 0.25) is 5.02 Å². The fourth-order valence-corrected chi connectivity index (χ4v) is 4.15. The number of nitrogens with zero attached hydrogens (tertiary/aromatic N) is 2. The third-order valence-corrected chi connectivity index (χ3v) is 6.00. The predicted molar refractivity (Wildman–Crippen MR) is 120 cm³/mol. The van der Waals surface area contributed by atoms with Crippen LogP contribution in [0.5, 0.6) is 0 Å². The van der Waals surface area contributed by atoms with E-state index >= 15 is 0 Å². The van der Waals surface area contributed by atoms with E-state index in [9.17, 15) is 10.1 Å². The van der Waals surface area contributed by atoms with E-state index in [4.69, 9.17) is 11.6 Å². The molecule has 2 aromatic carbocycles. The Bertz CT molecular complexity index is 1030. The van der Waals surface area contributed by atoms with Crippen LogP contribution >= 0.6 is 11.6 Å². The maximum Gasteiger partial charge on any atom is 0.266 e. The number of amides is 1. The van der Waals surface area contributed by atoms with Crippen LogP contribution in [-0.4, -0.2) is 18.5 Å². The molecule has 0 saturated heterocycles. The molecule has 1 heterocycles. The molecule has 0 bridgehead atoms. The molecule has 0 saturated carbocycles. The van der Waals surface area contributed by atoms with Crippen molar-refractivity contribution in [3.8, 4) is 6.07 Å². The summed E-state index contributed by atoms with van der Waals surface area (Å²) in [7, 11) is 2.12. The van der Waals surface area contributed by atoms with Gasteiger partial charge in [-0.3, -0.25) is 4.79 Å². The molecule has 150 valence electrons. The van der Waals surface area contributed by atoms with Gasteiger partial charge in [0, 0.05) is 29.0 Å². The highest BCUT2D eigenvalue weighted by Gasteiger charge is 2.34. The average molecular weight is 408 g/mol. The Morgan fingerprint density at radius 3 is 2.72 bits per heavy atom. The largest absolute Gasteiger partial charge is 0.369 e. The zero-order chi connectivity index (χ0) is 21.3. The number of anilines is 2. The van der Waals surface area contributed by atoms with Crippen LogP contribution in [0.1, 0.15) is 49.8 Å². The number of nitriles is 1. The van der Waals surface area contributed by atoms with Gasteiger partial charge in [0.25, 0.3) is 5.91 Å². The topological polar surface area (TPSA) is 56.1 Å². The van der Waals surface area contributed by atoms with Crippen molar-refractivity contribution in [1.29, 1.82) is 5.26 Å². The first-order chi connectivity index (χ1) is 13.6. The van der Waals surface area contributed by atoms with Crippen molar-refractivity contribution < 1.29 is 4.79 Å². The van der Waals surface area contributed by atoms with Crippen molar-refractivity contribution >= 4 is 35.0 Å². The number of carbonyl (C=O) groups excluding carboxylic acids is 1. The maximum absolute atomic E-state index is 12.6. The molecule has 1 N–H and O–H groups in total. The smallest absolute Gasteiger partial charge is 0.266 e. The Morgan fingerprint density at radius 2 is 2.07 bits per heavy atom. The van der Waals surface area contributed by atoms with E-state index in [1.807, 2.05) is 13.0 Å². The van der Waals surface area contributed by atoms with Crippen LogP contribution in [0.25, 0.3) is 6.08 Å². The molecule has 0 unspecified atom stereocenters. The van der Waals surface area contributed by atoms with Crippen LogP contribution < -0.4 is 10.2 Å². The summed E-state index contributed by atoms with van der Waals surface area (Å²) in [4.78, 5) is 14.9. The summed E-state index contributed by atoms with van der Waals surface area (Å²) in [6.07, 6.45) is 2.71. The van der Waals surface area contributed by atoms with Crippen LogP contribution in [0.3, 0.4) is 0 Å². The van der Waals surface area contributed by atoms with E-state index < -0.39 is 5.91 Å². The molecule has 0 fully saturated rings. The Hall–Kier alpha value is -2.77. The molecule has 0 aromatic heterocycles. The Balaban J connectivity index is 1.95. The van der Waals surface area contributed by atoms with Crippen molar-refractivity contribution in [3.05, 3.63) is 63.7 Å². The van der Waals surface area contributed by atoms with Crippen molar-refractivity contribution in [2.45, 2.75) is 45.6 Å². The van der Waals surface area contributed by atoms with Crippen molar-refractivity contribution in [2.24, 2.45) is 0 Å². The summed E-state index contributed by atoms with van der Waals surface area (Å²) in [5.74, 6) is -0.0482. The van der Waals surface area contributed by atoms with Gasteiger partial charge in [-0.05, 0) is 86.2 Å². The number of fused-ring (bicyclic) bond motifs is 1. The van der Waals surface area contributed by atoms with Crippen molar-refractivity contribution in [3.63, 3.8) is 0 Å². The lowest BCUT2D eigenvalue weighted by molar-refractivity contribution is -0.112. The van der Waals surface area contributed by atoms with Gasteiger partial charge in [0.15, 0.2) is 0 Å². The van der Waals surface area contributed by atoms with Crippen LogP contribution in [0.4, 0.5) is 11.4 Å². The SMILES string of the molecule is Cc1cc2c(cc1/C=C(/C#N)C(=O)Nc1cccc(Cl)c1)[C@H](C)CC(C)(C)N2C. The zero-order valence-electron chi connectivity index (χ0n) is 17.5. The lowest BCUT2D eigenvalue weighted by Gasteiger charge is -2.45. The van der Waals surface area contributed by atoms with E-state index in [-0.39, 0.29) is 11.1 Å². The number of hydrogen-bond donors (Lipinski definition) is 1. The van der Waals surface area contributed by atoms with E-state index in [0.717, 1.165) is 17.5 Å². The van der Waals surface area contributed by atoms with E-state index in [1.54, 1.807) is 30.3 Å². The first-order valence-electron chi connectivity index (χ1n) is 9.69. The molecule has 0 aliphatic carbocycles. The molecule has 1 aliphatic rings. The number of halogens is 1. The second kappa shape index (κ2) is 7.93. The molecule has 0 spiro atoms. The summed E-state index contributed by atoms with van der Waals surface area (Å²) >= 11 is 5.97. The number of benzene rings is 2. The van der Waals surface area contributed by atoms with Crippen LogP contribution in [0.15, 0.2) is 42.0 Å². The zero-order valence-corrected chi connectivity index (χ0v) is 18.3. The third-order valence-electron chi connectivity index (χ3n) is 5.77. The quantitative estimate of drug-likeness (QED) is 0.507. The summed E-state index contributed by atoms with van der Waals surface area (Å²) in [5, 5.41) is 12.8. The van der Waals surface area contributed by atoms with Gasteiger partial charge in [-0.1, -0.05) is 24.6 Å². The van der Waals surface area contributed by atoms with E-state index in [1.165, 1.54) is 11.3 Å². The second-order valence-corrected chi connectivity index (χ2v) is 8.81. The number of carbonyl (C=O) groups is 1. The number of hydrogen-bond acceptors (Lipinski definition) is 3. The molecule has 2 aromatic rings. The minimum absolute atomic E-state index is 0.0603. The van der Waals surface area contributed by atoms with Gasteiger partial charge in [0.2, 0.25) is 0 Å². The molecule has 1 atom stereocenters. The minimum atomic E-state index is -0.446. The minimum Gasteiger partial charge on any atom is -0.369 e. The van der Waals surface area contributed by atoms with E-state index in [0.29, 0.717) is 16.6 Å². The Kier molecular flexibility index (Phi) is 5.73. The standard InChI is InChI=1S/C24H26ClN3O/c1-15-9-22-21(16(2)13-24(3,4)28(22)5)11-17(15)10-18(14-26)23(29)27-20-8-6-7-19(25)12-20/h6-12,16H,13H2,1-5H3,(H,27,29)/b18-10-/t16-/m1/s1. The molecule has 3 rings (SSSR count).